The number of nitrogens with one attached hydrogen (secondary N) is 1. The number of benzene rings is 2. The highest BCUT2D eigenvalue weighted by molar-refractivity contribution is 5.98. The molecule has 0 aliphatic rings. The number of carboxylic acid groups (broad SMARTS) is 1. The van der Waals surface area contributed by atoms with Crippen molar-refractivity contribution in [3.05, 3.63) is 77.1 Å². The highest BCUT2D eigenvalue weighted by atomic mass is 19.4. The van der Waals surface area contributed by atoms with Crippen LogP contribution < -0.4 is 11.4 Å². The fourth-order valence-corrected chi connectivity index (χ4v) is 4.55. The zero-order valence-corrected chi connectivity index (χ0v) is 20.9. The topological polar surface area (TPSA) is 135 Å². The first-order valence-electron chi connectivity index (χ1n) is 12.0. The molecule has 0 fully saturated rings. The lowest BCUT2D eigenvalue weighted by atomic mass is 10.1. The molecule has 0 saturated heterocycles. The summed E-state index contributed by atoms with van der Waals surface area (Å²) in [7, 11) is 1.96. The van der Waals surface area contributed by atoms with E-state index in [-0.39, 0.29) is 11.4 Å². The number of aryl methyl sites for hydroxylation is 2. The first-order valence-corrected chi connectivity index (χ1v) is 12.0. The maximum absolute atomic E-state index is 13.1. The van der Waals surface area contributed by atoms with Gasteiger partial charge in [0.2, 0.25) is 0 Å². The van der Waals surface area contributed by atoms with Crippen molar-refractivity contribution in [1.82, 2.24) is 18.7 Å². The quantitative estimate of drug-likeness (QED) is 0.273. The molecule has 0 atom stereocenters. The van der Waals surface area contributed by atoms with Crippen LogP contribution in [0.5, 0.6) is 0 Å². The summed E-state index contributed by atoms with van der Waals surface area (Å²) in [5.74, 6) is -2.76. The molecule has 3 heterocycles. The van der Waals surface area contributed by atoms with Crippen LogP contribution in [0.3, 0.4) is 0 Å². The second-order valence-electron chi connectivity index (χ2n) is 8.80. The summed E-state index contributed by atoms with van der Waals surface area (Å²) < 4.78 is 37.6. The molecule has 9 nitrogen and oxygen atoms in total. The molecule has 5 aromatic rings. The van der Waals surface area contributed by atoms with Gasteiger partial charge in [-0.3, -0.25) is 9.55 Å². The summed E-state index contributed by atoms with van der Waals surface area (Å²) in [6.45, 7) is 1.48. The Labute approximate surface area is 220 Å². The van der Waals surface area contributed by atoms with E-state index in [0.29, 0.717) is 12.2 Å². The molecule has 2 aromatic carbocycles. The molecule has 0 radical (unpaired) electrons. The molecular formula is C27H25F3N6O3. The Morgan fingerprint density at radius 3 is 2.28 bits per heavy atom. The number of rotatable bonds is 6. The molecule has 0 bridgehead atoms. The van der Waals surface area contributed by atoms with E-state index in [1.54, 1.807) is 4.57 Å². The van der Waals surface area contributed by atoms with E-state index < -0.39 is 12.1 Å². The third-order valence-corrected chi connectivity index (χ3v) is 6.26. The number of nitrogens with two attached hydrogens (primary N) is 1. The zero-order valence-electron chi connectivity index (χ0n) is 20.9. The molecule has 0 aliphatic heterocycles. The maximum atomic E-state index is 13.1. The van der Waals surface area contributed by atoms with Crippen LogP contribution in [0.1, 0.15) is 18.5 Å². The van der Waals surface area contributed by atoms with Gasteiger partial charge in [-0.15, -0.1) is 0 Å². The summed E-state index contributed by atoms with van der Waals surface area (Å²) in [4.78, 5) is 24.8. The van der Waals surface area contributed by atoms with Gasteiger partial charge in [0.15, 0.2) is 0 Å². The molecule has 0 unspecified atom stereocenters. The number of carbonyl (C=O) groups is 1. The van der Waals surface area contributed by atoms with Crippen LogP contribution in [-0.4, -0.2) is 42.5 Å². The minimum Gasteiger partial charge on any atom is -0.475 e. The van der Waals surface area contributed by atoms with Crippen LogP contribution >= 0.6 is 0 Å². The molecule has 0 saturated carbocycles. The number of nitriles is 1. The van der Waals surface area contributed by atoms with E-state index >= 15 is 0 Å². The van der Waals surface area contributed by atoms with Gasteiger partial charge in [-0.1, -0.05) is 36.4 Å². The smallest absolute Gasteiger partial charge is 0.475 e. The number of aromatic nitrogens is 4. The number of fused-ring (bicyclic) bond motifs is 2. The van der Waals surface area contributed by atoms with Gasteiger partial charge < -0.3 is 20.0 Å². The lowest BCUT2D eigenvalue weighted by Gasteiger charge is -2.06. The first-order chi connectivity index (χ1) is 18.6. The Morgan fingerprint density at radius 2 is 1.67 bits per heavy atom. The van der Waals surface area contributed by atoms with E-state index in [9.17, 15) is 23.2 Å². The largest absolute Gasteiger partial charge is 0.490 e. The van der Waals surface area contributed by atoms with Crippen molar-refractivity contribution >= 4 is 27.8 Å². The lowest BCUT2D eigenvalue weighted by molar-refractivity contribution is -0.192. The minimum atomic E-state index is -5.08. The second-order valence-corrected chi connectivity index (χ2v) is 8.80. The Kier molecular flexibility index (Phi) is 7.64. The fourth-order valence-electron chi connectivity index (χ4n) is 4.55. The molecule has 3 aromatic heterocycles. The number of alkyl halides is 3. The maximum Gasteiger partial charge on any atom is 0.490 e. The monoisotopic (exact) mass is 538 g/mol. The Hall–Kier alpha value is -4.76. The molecular weight excluding hydrogens is 513 g/mol. The van der Waals surface area contributed by atoms with Crippen LogP contribution in [-0.2, 0) is 18.4 Å². The first kappa shape index (κ1) is 27.3. The standard InChI is InChI=1S/C25H24N6O.C2HF3O2/c1-29-16-23(18-9-3-4-10-21(18)29)31-24(20(14-27)28-25(31)32)19-15-30(13-7-6-12-26)22-11-5-2-8-17(19)22;3-2(4,5)1(6)7/h2-5,8-11,15-16H,6-7,12-13,26H2,1H3,(H,28,32);(H,6,7). The van der Waals surface area contributed by atoms with E-state index in [1.807, 2.05) is 66.5 Å². The van der Waals surface area contributed by atoms with Crippen LogP contribution in [0, 0.1) is 11.3 Å². The summed E-state index contributed by atoms with van der Waals surface area (Å²) in [5.41, 5.74) is 9.90. The van der Waals surface area contributed by atoms with Gasteiger partial charge in [0.1, 0.15) is 11.8 Å². The number of aromatic amines is 1. The van der Waals surface area contributed by atoms with Crippen molar-refractivity contribution in [3.8, 4) is 23.0 Å². The summed E-state index contributed by atoms with van der Waals surface area (Å²) in [5, 5.41) is 19.0. The number of imidazole rings is 1. The molecule has 5 rings (SSSR count). The fraction of sp³-hybridized carbons (Fsp3) is 0.222. The minimum absolute atomic E-state index is 0.257. The third kappa shape index (κ3) is 5.30. The van der Waals surface area contributed by atoms with Gasteiger partial charge >= 0.3 is 17.8 Å². The highest BCUT2D eigenvalue weighted by Crippen LogP contribution is 2.35. The third-order valence-electron chi connectivity index (χ3n) is 6.26. The average molecular weight is 539 g/mol. The van der Waals surface area contributed by atoms with Gasteiger partial charge in [-0.2, -0.15) is 18.4 Å². The van der Waals surface area contributed by atoms with E-state index in [4.69, 9.17) is 15.6 Å². The number of aliphatic carboxylic acids is 1. The van der Waals surface area contributed by atoms with Crippen LogP contribution in [0.25, 0.3) is 38.8 Å². The molecule has 202 valence electrons. The average Bonchev–Trinajstić information content (AvgIpc) is 3.55. The van der Waals surface area contributed by atoms with E-state index in [1.165, 1.54) is 0 Å². The van der Waals surface area contributed by atoms with Crippen molar-refractivity contribution in [1.29, 1.82) is 5.26 Å². The van der Waals surface area contributed by atoms with Gasteiger partial charge in [0.25, 0.3) is 0 Å². The number of hydrogen-bond donors (Lipinski definition) is 3. The van der Waals surface area contributed by atoms with Crippen LogP contribution in [0.2, 0.25) is 0 Å². The number of nitrogens with zero attached hydrogens (tertiary/aromatic N) is 4. The molecule has 39 heavy (non-hydrogen) atoms. The number of carboxylic acids is 1. The Morgan fingerprint density at radius 1 is 1.05 bits per heavy atom. The predicted octanol–water partition coefficient (Wildman–Crippen LogP) is 4.52. The van der Waals surface area contributed by atoms with Gasteiger partial charge in [0.05, 0.1) is 11.4 Å². The SMILES string of the molecule is Cn1cc(-n2c(-c3cn(CCCCN)c4ccccc34)c(C#N)[nH]c2=O)c2ccccc21.O=C(O)C(F)(F)F. The number of unbranched alkanes of at least 4 members (excludes halogenated alkanes) is 1. The van der Waals surface area contributed by atoms with Crippen molar-refractivity contribution in [2.75, 3.05) is 6.54 Å². The van der Waals surface area contributed by atoms with Gasteiger partial charge in [-0.05, 0) is 31.5 Å². The summed E-state index contributed by atoms with van der Waals surface area (Å²) >= 11 is 0. The lowest BCUT2D eigenvalue weighted by Crippen LogP contribution is -2.21. The second kappa shape index (κ2) is 10.9. The Balaban J connectivity index is 0.000000448. The molecule has 4 N–H and O–H groups in total. The summed E-state index contributed by atoms with van der Waals surface area (Å²) in [6.07, 6.45) is 0.802. The van der Waals surface area contributed by atoms with Crippen molar-refractivity contribution < 1.29 is 23.1 Å². The predicted molar refractivity (Wildman–Crippen MR) is 140 cm³/mol. The molecule has 0 spiro atoms. The van der Waals surface area contributed by atoms with Gasteiger partial charge in [-0.25, -0.2) is 9.59 Å². The van der Waals surface area contributed by atoms with Crippen molar-refractivity contribution in [2.24, 2.45) is 12.8 Å². The normalized spacial score (nSPS) is 11.4. The van der Waals surface area contributed by atoms with E-state index in [0.717, 1.165) is 52.4 Å². The number of H-pyrrole nitrogens is 1. The van der Waals surface area contributed by atoms with Crippen molar-refractivity contribution in [3.63, 3.8) is 0 Å². The molecule has 0 amide bonds. The molecule has 0 aliphatic carbocycles. The Bertz CT molecular complexity index is 1750. The van der Waals surface area contributed by atoms with E-state index in [2.05, 4.69) is 21.7 Å². The number of para-hydroxylation sites is 2. The van der Waals surface area contributed by atoms with Crippen LogP contribution in [0.15, 0.2) is 65.7 Å². The molecule has 12 heteroatoms. The van der Waals surface area contributed by atoms with Gasteiger partial charge in [0, 0.05) is 53.4 Å². The highest BCUT2D eigenvalue weighted by Gasteiger charge is 2.38. The summed E-state index contributed by atoms with van der Waals surface area (Å²) in [6, 6.07) is 18.2. The number of halogens is 3. The number of hydrogen-bond acceptors (Lipinski definition) is 4. The van der Waals surface area contributed by atoms with Crippen LogP contribution in [0.4, 0.5) is 13.2 Å². The van der Waals surface area contributed by atoms with Crippen molar-refractivity contribution in [2.45, 2.75) is 25.6 Å². The zero-order chi connectivity index (χ0) is 28.3.